The molecule has 1 N–H and O–H groups in total. The van der Waals surface area contributed by atoms with Gasteiger partial charge in [-0.25, -0.2) is 0 Å². The van der Waals surface area contributed by atoms with Crippen molar-refractivity contribution in [3.8, 4) is 5.75 Å². The molecule has 0 spiro atoms. The lowest BCUT2D eigenvalue weighted by Crippen LogP contribution is -2.46. The van der Waals surface area contributed by atoms with Crippen LogP contribution < -0.4 is 10.1 Å². The number of aromatic nitrogens is 1. The van der Waals surface area contributed by atoms with Crippen LogP contribution in [0.15, 0.2) is 42.7 Å². The summed E-state index contributed by atoms with van der Waals surface area (Å²) in [6.07, 6.45) is 4.95. The molecule has 1 aromatic carbocycles. The number of anilines is 1. The van der Waals surface area contributed by atoms with Gasteiger partial charge < -0.3 is 24.4 Å². The van der Waals surface area contributed by atoms with Crippen LogP contribution >= 0.6 is 0 Å². The van der Waals surface area contributed by atoms with Gasteiger partial charge in [-0.05, 0) is 49.4 Å². The minimum Gasteiger partial charge on any atom is -0.491 e. The third kappa shape index (κ3) is 7.09. The van der Waals surface area contributed by atoms with Crippen LogP contribution in [-0.4, -0.2) is 85.8 Å². The van der Waals surface area contributed by atoms with Gasteiger partial charge in [-0.1, -0.05) is 13.0 Å². The number of nitrogens with zero attached hydrogens (tertiary/aromatic N) is 3. The molecule has 0 saturated carbocycles. The van der Waals surface area contributed by atoms with E-state index < -0.39 is 0 Å². The first-order valence-corrected chi connectivity index (χ1v) is 13.4. The quantitative estimate of drug-likeness (QED) is 0.640. The molecular weight excluding hydrogens is 484 g/mol. The molecule has 38 heavy (non-hydrogen) atoms. The minimum atomic E-state index is -0.142. The van der Waals surface area contributed by atoms with Crippen molar-refractivity contribution < 1.29 is 23.8 Å². The van der Waals surface area contributed by atoms with Gasteiger partial charge in [-0.3, -0.25) is 19.5 Å². The molecule has 0 radical (unpaired) electrons. The first kappa shape index (κ1) is 28.0. The number of carbonyl (C=O) groups is 2. The van der Waals surface area contributed by atoms with Crippen molar-refractivity contribution in [2.75, 3.05) is 52.4 Å². The Morgan fingerprint density at radius 3 is 2.68 bits per heavy atom. The van der Waals surface area contributed by atoms with Gasteiger partial charge >= 0.3 is 0 Å². The molecule has 2 aromatic rings. The molecule has 0 aliphatic carbocycles. The molecule has 0 unspecified atom stereocenters. The van der Waals surface area contributed by atoms with Crippen LogP contribution in [0.25, 0.3) is 0 Å². The van der Waals surface area contributed by atoms with E-state index in [1.807, 2.05) is 12.3 Å². The zero-order chi connectivity index (χ0) is 27.1. The van der Waals surface area contributed by atoms with Gasteiger partial charge in [0.05, 0.1) is 11.7 Å². The Morgan fingerprint density at radius 2 is 1.97 bits per heavy atom. The van der Waals surface area contributed by atoms with Crippen LogP contribution in [0, 0.1) is 11.8 Å². The second kappa shape index (κ2) is 13.2. The highest BCUT2D eigenvalue weighted by atomic mass is 16.5. The van der Waals surface area contributed by atoms with E-state index in [4.69, 9.17) is 14.2 Å². The van der Waals surface area contributed by atoms with Crippen molar-refractivity contribution in [1.82, 2.24) is 14.8 Å². The van der Waals surface area contributed by atoms with Gasteiger partial charge in [-0.2, -0.15) is 0 Å². The maximum Gasteiger partial charge on any atom is 0.257 e. The molecule has 0 bridgehead atoms. The van der Waals surface area contributed by atoms with Crippen molar-refractivity contribution in [2.45, 2.75) is 45.4 Å². The number of carbonyl (C=O) groups excluding carboxylic acids is 2. The number of benzene rings is 1. The SMILES string of the molecule is CO[C@@H]1CN(C)C(=O)c2ccc(NC(=O)C3CCOCC3)cc2OC[C@@H](C)N(Cc2cccnc2)C[C@H]1C. The van der Waals surface area contributed by atoms with E-state index in [0.29, 0.717) is 56.2 Å². The lowest BCUT2D eigenvalue weighted by Gasteiger charge is -2.36. The molecule has 2 aliphatic rings. The smallest absolute Gasteiger partial charge is 0.257 e. The predicted molar refractivity (Wildman–Crippen MR) is 145 cm³/mol. The van der Waals surface area contributed by atoms with E-state index in [2.05, 4.69) is 35.1 Å². The highest BCUT2D eigenvalue weighted by Crippen LogP contribution is 2.28. The Balaban J connectivity index is 1.59. The summed E-state index contributed by atoms with van der Waals surface area (Å²) in [6.45, 7) is 7.81. The summed E-state index contributed by atoms with van der Waals surface area (Å²) < 4.78 is 17.5. The second-order valence-corrected chi connectivity index (χ2v) is 10.5. The fourth-order valence-corrected chi connectivity index (χ4v) is 5.08. The van der Waals surface area contributed by atoms with Gasteiger partial charge in [0.1, 0.15) is 12.4 Å². The number of amides is 2. The maximum absolute atomic E-state index is 13.5. The third-order valence-electron chi connectivity index (χ3n) is 7.54. The van der Waals surface area contributed by atoms with Crippen molar-refractivity contribution in [3.63, 3.8) is 0 Å². The maximum atomic E-state index is 13.5. The third-order valence-corrected chi connectivity index (χ3v) is 7.54. The number of hydrogen-bond donors (Lipinski definition) is 1. The highest BCUT2D eigenvalue weighted by molar-refractivity contribution is 5.98. The fourth-order valence-electron chi connectivity index (χ4n) is 5.08. The predicted octanol–water partition coefficient (Wildman–Crippen LogP) is 3.45. The fraction of sp³-hybridized carbons (Fsp3) is 0.552. The normalized spacial score (nSPS) is 24.1. The van der Waals surface area contributed by atoms with Crippen LogP contribution in [-0.2, 0) is 20.8 Å². The van der Waals surface area contributed by atoms with Crippen LogP contribution in [0.4, 0.5) is 5.69 Å². The molecule has 2 aliphatic heterocycles. The molecule has 9 nitrogen and oxygen atoms in total. The summed E-state index contributed by atoms with van der Waals surface area (Å²) in [4.78, 5) is 34.6. The molecule has 4 rings (SSSR count). The first-order chi connectivity index (χ1) is 18.4. The Morgan fingerprint density at radius 1 is 1.18 bits per heavy atom. The average molecular weight is 525 g/mol. The van der Waals surface area contributed by atoms with Gasteiger partial charge in [0, 0.05) is 83.1 Å². The molecule has 2 amide bonds. The van der Waals surface area contributed by atoms with Gasteiger partial charge in [0.2, 0.25) is 5.91 Å². The number of pyridine rings is 1. The summed E-state index contributed by atoms with van der Waals surface area (Å²) >= 11 is 0. The molecule has 3 heterocycles. The number of nitrogens with one attached hydrogen (secondary N) is 1. The van der Waals surface area contributed by atoms with Gasteiger partial charge in [-0.15, -0.1) is 0 Å². The highest BCUT2D eigenvalue weighted by Gasteiger charge is 2.29. The number of ether oxygens (including phenoxy) is 3. The molecular formula is C29H40N4O5. The van der Waals surface area contributed by atoms with Crippen LogP contribution in [0.5, 0.6) is 5.75 Å². The van der Waals surface area contributed by atoms with E-state index >= 15 is 0 Å². The van der Waals surface area contributed by atoms with Crippen LogP contribution in [0.1, 0.15) is 42.6 Å². The number of methoxy groups -OCH3 is 1. The summed E-state index contributed by atoms with van der Waals surface area (Å²) in [5, 5.41) is 3.01. The molecule has 1 fully saturated rings. The van der Waals surface area contributed by atoms with Crippen molar-refractivity contribution >= 4 is 17.5 Å². The molecule has 206 valence electrons. The summed E-state index contributed by atoms with van der Waals surface area (Å²) in [5.74, 6) is 0.390. The topological polar surface area (TPSA) is 93.2 Å². The van der Waals surface area contributed by atoms with Crippen molar-refractivity contribution in [3.05, 3.63) is 53.9 Å². The minimum absolute atomic E-state index is 0.0298. The van der Waals surface area contributed by atoms with E-state index in [1.165, 1.54) is 0 Å². The number of fused-ring (bicyclic) bond motifs is 1. The zero-order valence-electron chi connectivity index (χ0n) is 22.9. The summed E-state index contributed by atoms with van der Waals surface area (Å²) in [7, 11) is 3.48. The van der Waals surface area contributed by atoms with Gasteiger partial charge in [0.25, 0.3) is 5.91 Å². The largest absolute Gasteiger partial charge is 0.491 e. The molecule has 3 atom stereocenters. The zero-order valence-corrected chi connectivity index (χ0v) is 22.9. The first-order valence-electron chi connectivity index (χ1n) is 13.4. The lowest BCUT2D eigenvalue weighted by molar-refractivity contribution is -0.122. The van der Waals surface area contributed by atoms with Crippen LogP contribution in [0.2, 0.25) is 0 Å². The molecule has 1 aromatic heterocycles. The van der Waals surface area contributed by atoms with Gasteiger partial charge in [0.15, 0.2) is 0 Å². The van der Waals surface area contributed by atoms with E-state index in [0.717, 1.165) is 18.7 Å². The number of likely N-dealkylation sites (N-methyl/N-ethyl adjacent to an activating group) is 1. The van der Waals surface area contributed by atoms with Crippen LogP contribution in [0.3, 0.4) is 0 Å². The number of hydrogen-bond acceptors (Lipinski definition) is 7. The molecule has 9 heteroatoms. The Labute approximate surface area is 225 Å². The Kier molecular flexibility index (Phi) is 9.71. The Hall–Kier alpha value is -3.01. The Bertz CT molecular complexity index is 1080. The second-order valence-electron chi connectivity index (χ2n) is 10.5. The van der Waals surface area contributed by atoms with E-state index in [9.17, 15) is 9.59 Å². The average Bonchev–Trinajstić information content (AvgIpc) is 2.94. The van der Waals surface area contributed by atoms with E-state index in [-0.39, 0.29) is 35.8 Å². The lowest BCUT2D eigenvalue weighted by atomic mass is 9.99. The number of rotatable bonds is 5. The van der Waals surface area contributed by atoms with E-state index in [1.54, 1.807) is 43.5 Å². The van der Waals surface area contributed by atoms with Crippen molar-refractivity contribution in [1.29, 1.82) is 0 Å². The summed E-state index contributed by atoms with van der Waals surface area (Å²) in [5.41, 5.74) is 2.20. The summed E-state index contributed by atoms with van der Waals surface area (Å²) in [6, 6.07) is 9.34. The van der Waals surface area contributed by atoms with Crippen molar-refractivity contribution in [2.24, 2.45) is 11.8 Å². The monoisotopic (exact) mass is 524 g/mol. The molecule has 1 saturated heterocycles. The standard InChI is InChI=1S/C29H40N4O5/c1-20-16-33(17-22-6-5-11-30-15-22)21(2)19-38-26-14-24(31-28(34)23-9-12-37-13-10-23)7-8-25(26)29(35)32(3)18-27(20)36-4/h5-8,11,14-15,20-21,23,27H,9-10,12-13,16-19H2,1-4H3,(H,31,34)/t20-,21-,27-/m1/s1.